The standard InChI is InChI=1S/C28H21N3O7S/c1-14-11-17-12-16(5-10-21(17)38-14)25(32)23-24(15-3-6-18(7-4-15)31(35)36)30(27(34)26(23)33)28-29-20-9-8-19(37-2)13-22(20)39-28/h3-10,12-14,24,32H,11H2,1-2H3/t14-,24+/m0/s1. The topological polar surface area (TPSA) is 132 Å². The summed E-state index contributed by atoms with van der Waals surface area (Å²) in [5.74, 6) is -0.760. The molecule has 1 amide bonds. The first kappa shape index (κ1) is 24.6. The molecule has 2 atom stereocenters. The number of methoxy groups -OCH3 is 1. The summed E-state index contributed by atoms with van der Waals surface area (Å²) in [7, 11) is 1.54. The van der Waals surface area contributed by atoms with Gasteiger partial charge < -0.3 is 14.6 Å². The van der Waals surface area contributed by atoms with Crippen LogP contribution in [0, 0.1) is 10.1 Å². The van der Waals surface area contributed by atoms with Crippen molar-refractivity contribution in [3.05, 3.63) is 93.0 Å². The fraction of sp³-hybridized carbons (Fsp3) is 0.179. The molecule has 3 heterocycles. The average molecular weight is 544 g/mol. The minimum atomic E-state index is -1.06. The molecule has 11 heteroatoms. The maximum absolute atomic E-state index is 13.5. The molecule has 0 bridgehead atoms. The van der Waals surface area contributed by atoms with E-state index in [1.807, 2.05) is 6.92 Å². The summed E-state index contributed by atoms with van der Waals surface area (Å²) in [6, 6.07) is 14.9. The van der Waals surface area contributed by atoms with Crippen molar-refractivity contribution in [2.24, 2.45) is 0 Å². The molecule has 39 heavy (non-hydrogen) atoms. The SMILES string of the molecule is COc1ccc2nc(N3C(=O)C(=O)C(=C(O)c4ccc5c(c4)C[C@H](C)O5)[C@H]3c3ccc([N+](=O)[O-])cc3)sc2c1. The summed E-state index contributed by atoms with van der Waals surface area (Å²) >= 11 is 1.20. The Balaban J connectivity index is 1.52. The van der Waals surface area contributed by atoms with E-state index < -0.39 is 22.7 Å². The molecular formula is C28H21N3O7S. The third kappa shape index (κ3) is 4.07. The van der Waals surface area contributed by atoms with Gasteiger partial charge in [0.1, 0.15) is 23.4 Å². The van der Waals surface area contributed by atoms with E-state index in [1.165, 1.54) is 40.5 Å². The highest BCUT2D eigenvalue weighted by atomic mass is 32.1. The number of Topliss-reactive ketones (excluding diaryl/α,β-unsaturated/α-hetero) is 1. The number of aliphatic hydroxyl groups is 1. The predicted octanol–water partition coefficient (Wildman–Crippen LogP) is 5.16. The number of carbonyl (C=O) groups excluding carboxylic acids is 2. The van der Waals surface area contributed by atoms with Crippen LogP contribution in [0.15, 0.2) is 66.2 Å². The van der Waals surface area contributed by atoms with Crippen molar-refractivity contribution in [3.8, 4) is 11.5 Å². The summed E-state index contributed by atoms with van der Waals surface area (Å²) in [6.45, 7) is 1.94. The molecule has 1 saturated heterocycles. The summed E-state index contributed by atoms with van der Waals surface area (Å²) in [5, 5.41) is 23.0. The summed E-state index contributed by atoms with van der Waals surface area (Å²) in [4.78, 5) is 43.5. The maximum Gasteiger partial charge on any atom is 0.301 e. The Hall–Kier alpha value is -4.77. The lowest BCUT2D eigenvalue weighted by atomic mass is 9.94. The molecule has 2 aliphatic heterocycles. The highest BCUT2D eigenvalue weighted by molar-refractivity contribution is 7.22. The first-order valence-electron chi connectivity index (χ1n) is 12.0. The quantitative estimate of drug-likeness (QED) is 0.120. The second-order valence-electron chi connectivity index (χ2n) is 9.30. The Bertz CT molecular complexity index is 1710. The van der Waals surface area contributed by atoms with Crippen molar-refractivity contribution in [1.29, 1.82) is 0 Å². The smallest absolute Gasteiger partial charge is 0.301 e. The van der Waals surface area contributed by atoms with E-state index in [4.69, 9.17) is 9.47 Å². The fourth-order valence-corrected chi connectivity index (χ4v) is 5.99. The molecule has 0 radical (unpaired) electrons. The van der Waals surface area contributed by atoms with Gasteiger partial charge in [-0.3, -0.25) is 24.6 Å². The number of ether oxygens (including phenoxy) is 2. The molecule has 0 spiro atoms. The number of rotatable bonds is 5. The Labute approximate surface area is 225 Å². The molecule has 196 valence electrons. The van der Waals surface area contributed by atoms with E-state index in [0.717, 1.165) is 10.3 Å². The van der Waals surface area contributed by atoms with Crippen molar-refractivity contribution >= 4 is 49.8 Å². The van der Waals surface area contributed by atoms with Crippen LogP contribution in [0.2, 0.25) is 0 Å². The van der Waals surface area contributed by atoms with Crippen LogP contribution >= 0.6 is 11.3 Å². The molecular weight excluding hydrogens is 522 g/mol. The number of anilines is 1. The van der Waals surface area contributed by atoms with Gasteiger partial charge in [0.05, 0.1) is 33.9 Å². The van der Waals surface area contributed by atoms with Gasteiger partial charge in [-0.2, -0.15) is 0 Å². The van der Waals surface area contributed by atoms with Gasteiger partial charge in [0.25, 0.3) is 11.5 Å². The molecule has 2 aliphatic rings. The zero-order valence-corrected chi connectivity index (χ0v) is 21.6. The molecule has 6 rings (SSSR count). The van der Waals surface area contributed by atoms with Crippen molar-refractivity contribution < 1.29 is 29.1 Å². The van der Waals surface area contributed by atoms with Crippen LogP contribution in [-0.2, 0) is 16.0 Å². The van der Waals surface area contributed by atoms with Gasteiger partial charge in [-0.15, -0.1) is 0 Å². The number of aliphatic hydroxyl groups excluding tert-OH is 1. The number of nitro benzene ring substituents is 1. The number of hydrogen-bond acceptors (Lipinski definition) is 9. The predicted molar refractivity (Wildman–Crippen MR) is 144 cm³/mol. The zero-order chi connectivity index (χ0) is 27.4. The lowest BCUT2D eigenvalue weighted by Crippen LogP contribution is -2.29. The molecule has 1 fully saturated rings. The maximum atomic E-state index is 13.5. The van der Waals surface area contributed by atoms with Crippen molar-refractivity contribution in [2.45, 2.75) is 25.5 Å². The highest BCUT2D eigenvalue weighted by Crippen LogP contribution is 2.45. The van der Waals surface area contributed by atoms with Gasteiger partial charge in [-0.25, -0.2) is 4.98 Å². The summed E-state index contributed by atoms with van der Waals surface area (Å²) < 4.78 is 11.8. The average Bonchev–Trinajstić information content (AvgIpc) is 3.59. The Morgan fingerprint density at radius 1 is 1.15 bits per heavy atom. The second kappa shape index (κ2) is 9.21. The number of amides is 1. The monoisotopic (exact) mass is 543 g/mol. The van der Waals surface area contributed by atoms with E-state index in [-0.39, 0.29) is 28.3 Å². The van der Waals surface area contributed by atoms with Crippen LogP contribution in [-0.4, -0.2) is 39.9 Å². The van der Waals surface area contributed by atoms with Crippen LogP contribution < -0.4 is 14.4 Å². The largest absolute Gasteiger partial charge is 0.507 e. The minimum absolute atomic E-state index is 0.0132. The number of thiazole rings is 1. The number of aromatic nitrogens is 1. The number of carbonyl (C=O) groups is 2. The van der Waals surface area contributed by atoms with Crippen LogP contribution in [0.25, 0.3) is 16.0 Å². The van der Waals surface area contributed by atoms with Gasteiger partial charge in [0, 0.05) is 24.1 Å². The normalized spacial score (nSPS) is 19.8. The van der Waals surface area contributed by atoms with E-state index >= 15 is 0 Å². The van der Waals surface area contributed by atoms with Crippen LogP contribution in [0.5, 0.6) is 11.5 Å². The lowest BCUT2D eigenvalue weighted by molar-refractivity contribution is -0.384. The Kier molecular flexibility index (Phi) is 5.80. The third-order valence-electron chi connectivity index (χ3n) is 6.82. The number of benzene rings is 3. The van der Waals surface area contributed by atoms with Crippen molar-refractivity contribution in [2.75, 3.05) is 12.0 Å². The van der Waals surface area contributed by atoms with Gasteiger partial charge in [0.15, 0.2) is 5.13 Å². The van der Waals surface area contributed by atoms with Gasteiger partial charge in [-0.05, 0) is 66.6 Å². The summed E-state index contributed by atoms with van der Waals surface area (Å²) in [5.41, 5.74) is 2.00. The molecule has 0 unspecified atom stereocenters. The molecule has 4 aromatic rings. The van der Waals surface area contributed by atoms with E-state index in [0.29, 0.717) is 34.6 Å². The van der Waals surface area contributed by atoms with Crippen molar-refractivity contribution in [1.82, 2.24) is 4.98 Å². The highest BCUT2D eigenvalue weighted by Gasteiger charge is 2.48. The zero-order valence-electron chi connectivity index (χ0n) is 20.8. The molecule has 1 aromatic heterocycles. The number of non-ortho nitro benzene ring substituents is 1. The van der Waals surface area contributed by atoms with E-state index in [2.05, 4.69) is 4.98 Å². The Morgan fingerprint density at radius 2 is 1.92 bits per heavy atom. The first-order chi connectivity index (χ1) is 18.7. The first-order valence-corrected chi connectivity index (χ1v) is 12.9. The third-order valence-corrected chi connectivity index (χ3v) is 7.84. The van der Waals surface area contributed by atoms with Crippen LogP contribution in [0.1, 0.15) is 29.7 Å². The van der Waals surface area contributed by atoms with Crippen LogP contribution in [0.3, 0.4) is 0 Å². The van der Waals surface area contributed by atoms with E-state index in [9.17, 15) is 24.8 Å². The molecule has 0 aliphatic carbocycles. The number of nitrogens with zero attached hydrogens (tertiary/aromatic N) is 3. The molecule has 10 nitrogen and oxygen atoms in total. The molecule has 3 aromatic carbocycles. The van der Waals surface area contributed by atoms with E-state index in [1.54, 1.807) is 43.5 Å². The van der Waals surface area contributed by atoms with Gasteiger partial charge in [-0.1, -0.05) is 11.3 Å². The molecule has 0 saturated carbocycles. The number of fused-ring (bicyclic) bond motifs is 2. The number of nitro groups is 1. The summed E-state index contributed by atoms with van der Waals surface area (Å²) in [6.07, 6.45) is 0.631. The Morgan fingerprint density at radius 3 is 2.64 bits per heavy atom. The van der Waals surface area contributed by atoms with Gasteiger partial charge >= 0.3 is 5.91 Å². The lowest BCUT2D eigenvalue weighted by Gasteiger charge is -2.23. The van der Waals surface area contributed by atoms with Crippen LogP contribution in [0.4, 0.5) is 10.8 Å². The number of hydrogen-bond donors (Lipinski definition) is 1. The second-order valence-corrected chi connectivity index (χ2v) is 10.3. The van der Waals surface area contributed by atoms with Gasteiger partial charge in [0.2, 0.25) is 0 Å². The van der Waals surface area contributed by atoms with Crippen molar-refractivity contribution in [3.63, 3.8) is 0 Å². The fourth-order valence-electron chi connectivity index (χ4n) is 4.97. The molecule has 1 N–H and O–H groups in total. The number of ketones is 1. The minimum Gasteiger partial charge on any atom is -0.507 e.